The van der Waals surface area contributed by atoms with Crippen LogP contribution in [-0.4, -0.2) is 13.1 Å². The van der Waals surface area contributed by atoms with E-state index in [1.165, 1.54) is 56.3 Å². The van der Waals surface area contributed by atoms with Gasteiger partial charge in [0.05, 0.1) is 0 Å². The second-order valence-electron chi connectivity index (χ2n) is 12.8. The molecule has 2 N–H and O–H groups in total. The maximum absolute atomic E-state index is 13.1. The normalized spacial score (nSPS) is 13.5. The molecule has 52 heavy (non-hydrogen) atoms. The summed E-state index contributed by atoms with van der Waals surface area (Å²) in [4.78, 5) is 2.59. The first-order valence-electron chi connectivity index (χ1n) is 17.6. The Hall–Kier alpha value is -5.27. The summed E-state index contributed by atoms with van der Waals surface area (Å²) >= 11 is 1.83. The van der Waals surface area contributed by atoms with Gasteiger partial charge in [-0.25, -0.2) is 8.78 Å². The van der Waals surface area contributed by atoms with Crippen molar-refractivity contribution in [2.24, 2.45) is 0 Å². The smallest absolute Gasteiger partial charge is 0.135 e. The summed E-state index contributed by atoms with van der Waals surface area (Å²) in [5.74, 6) is 1.35. The van der Waals surface area contributed by atoms with Crippen LogP contribution in [0.3, 0.4) is 0 Å². The van der Waals surface area contributed by atoms with E-state index in [-0.39, 0.29) is 23.7 Å². The predicted molar refractivity (Wildman–Crippen MR) is 210 cm³/mol. The molecule has 2 aliphatic heterocycles. The third kappa shape index (κ3) is 8.11. The lowest BCUT2D eigenvalue weighted by Crippen LogP contribution is -2.19. The van der Waals surface area contributed by atoms with Gasteiger partial charge in [-0.15, -0.1) is 0 Å². The van der Waals surface area contributed by atoms with E-state index >= 15 is 0 Å². The Morgan fingerprint density at radius 3 is 1.31 bits per heavy atom. The van der Waals surface area contributed by atoms with Gasteiger partial charge in [-0.3, -0.25) is 0 Å². The average Bonchev–Trinajstić information content (AvgIpc) is 3.18. The lowest BCUT2D eigenvalue weighted by Gasteiger charge is -2.23. The highest BCUT2D eigenvalue weighted by Crippen LogP contribution is 2.45. The highest BCUT2D eigenvalue weighted by molar-refractivity contribution is 7.99. The van der Waals surface area contributed by atoms with Crippen LogP contribution in [0.25, 0.3) is 11.1 Å². The molecular formula is C46H40F2N2OS. The van der Waals surface area contributed by atoms with E-state index in [0.717, 1.165) is 40.3 Å². The molecule has 0 saturated heterocycles. The molecule has 8 rings (SSSR count). The fraction of sp³-hybridized carbons (Fsp3) is 0.130. The summed E-state index contributed by atoms with van der Waals surface area (Å²) in [6, 6.07) is 46.9. The maximum atomic E-state index is 13.1. The Kier molecular flexibility index (Phi) is 11.1. The second kappa shape index (κ2) is 16.4. The van der Waals surface area contributed by atoms with Gasteiger partial charge in [0.1, 0.15) is 23.1 Å². The van der Waals surface area contributed by atoms with E-state index in [9.17, 15) is 8.78 Å². The minimum Gasteiger partial charge on any atom is -0.456 e. The van der Waals surface area contributed by atoms with Gasteiger partial charge in [-0.1, -0.05) is 121 Å². The molecule has 3 nitrogen and oxygen atoms in total. The first-order valence-corrected chi connectivity index (χ1v) is 18.4. The highest BCUT2D eigenvalue weighted by Gasteiger charge is 2.21. The summed E-state index contributed by atoms with van der Waals surface area (Å²) in [6.07, 6.45) is 4.46. The highest BCUT2D eigenvalue weighted by atomic mass is 32.2. The van der Waals surface area contributed by atoms with Gasteiger partial charge in [-0.2, -0.15) is 0 Å². The SMILES string of the molecule is C[C@@H](NCC=C1c2ccccc2Oc2ccccc21)c1ccc(F)cc1.C[C@@H](NCC=C1c2ccccc2Sc2ccccc21)c1ccc(F)cc1. The van der Waals surface area contributed by atoms with Crippen LogP contribution in [0, 0.1) is 11.6 Å². The Morgan fingerprint density at radius 1 is 0.500 bits per heavy atom. The van der Waals surface area contributed by atoms with Crippen LogP contribution in [0.2, 0.25) is 0 Å². The quantitative estimate of drug-likeness (QED) is 0.165. The number of benzene rings is 6. The van der Waals surface area contributed by atoms with Crippen LogP contribution in [0.15, 0.2) is 168 Å². The molecular weight excluding hydrogens is 667 g/mol. The average molecular weight is 707 g/mol. The second-order valence-corrected chi connectivity index (χ2v) is 13.9. The van der Waals surface area contributed by atoms with Crippen LogP contribution in [0.1, 0.15) is 59.3 Å². The zero-order chi connectivity index (χ0) is 35.9. The van der Waals surface area contributed by atoms with Crippen molar-refractivity contribution in [3.8, 4) is 11.5 Å². The van der Waals surface area contributed by atoms with E-state index < -0.39 is 0 Å². The zero-order valence-electron chi connectivity index (χ0n) is 29.2. The van der Waals surface area contributed by atoms with Gasteiger partial charge in [0, 0.05) is 46.1 Å². The maximum Gasteiger partial charge on any atom is 0.135 e. The molecule has 0 spiro atoms. The van der Waals surface area contributed by atoms with Crippen molar-refractivity contribution >= 4 is 22.9 Å². The molecule has 0 aromatic heterocycles. The summed E-state index contributed by atoms with van der Waals surface area (Å²) in [5.41, 5.74) is 9.36. The minimum atomic E-state index is -0.210. The Balaban J connectivity index is 0.000000162. The monoisotopic (exact) mass is 706 g/mol. The molecule has 0 fully saturated rings. The number of hydrogen-bond donors (Lipinski definition) is 2. The third-order valence-corrected chi connectivity index (χ3v) is 10.5. The van der Waals surface area contributed by atoms with E-state index in [0.29, 0.717) is 6.54 Å². The summed E-state index contributed by atoms with van der Waals surface area (Å²) in [7, 11) is 0. The van der Waals surface area contributed by atoms with Gasteiger partial charge in [0.2, 0.25) is 0 Å². The fourth-order valence-electron chi connectivity index (χ4n) is 6.49. The first-order chi connectivity index (χ1) is 25.4. The van der Waals surface area contributed by atoms with E-state index in [1.807, 2.05) is 72.4 Å². The molecule has 0 aliphatic carbocycles. The van der Waals surface area contributed by atoms with Crippen molar-refractivity contribution in [2.75, 3.05) is 13.1 Å². The molecule has 0 unspecified atom stereocenters. The summed E-state index contributed by atoms with van der Waals surface area (Å²) in [5, 5.41) is 7.01. The van der Waals surface area contributed by atoms with Gasteiger partial charge in [0.15, 0.2) is 0 Å². The number of hydrogen-bond acceptors (Lipinski definition) is 4. The predicted octanol–water partition coefficient (Wildman–Crippen LogP) is 11.8. The van der Waals surface area contributed by atoms with Crippen LogP contribution in [-0.2, 0) is 0 Å². The van der Waals surface area contributed by atoms with Gasteiger partial charge in [-0.05, 0) is 95.8 Å². The molecule has 6 heteroatoms. The lowest BCUT2D eigenvalue weighted by molar-refractivity contribution is 0.474. The fourth-order valence-corrected chi connectivity index (χ4v) is 7.60. The van der Waals surface area contributed by atoms with Crippen LogP contribution >= 0.6 is 11.8 Å². The van der Waals surface area contributed by atoms with Crippen LogP contribution in [0.4, 0.5) is 8.78 Å². The summed E-state index contributed by atoms with van der Waals surface area (Å²) in [6.45, 7) is 5.64. The lowest BCUT2D eigenvalue weighted by atomic mass is 9.93. The standard InChI is InChI=1S/C23H20FNO.C23H20FNS/c2*1-16(17-10-12-18(24)13-11-17)25-15-14-19-20-6-2-4-8-22(20)26-23-9-5-3-7-21(19)23/h2*2-14,16,25H,15H2,1H3/t2*16-/m11/s1. The van der Waals surface area contributed by atoms with E-state index in [2.05, 4.69) is 97.3 Å². The van der Waals surface area contributed by atoms with Crippen LogP contribution < -0.4 is 15.4 Å². The molecule has 2 aliphatic rings. The molecule has 0 bridgehead atoms. The third-order valence-electron chi connectivity index (χ3n) is 9.35. The minimum absolute atomic E-state index is 0.137. The largest absolute Gasteiger partial charge is 0.456 e. The van der Waals surface area contributed by atoms with Crippen molar-refractivity contribution in [2.45, 2.75) is 35.7 Å². The molecule has 260 valence electrons. The van der Waals surface area contributed by atoms with E-state index in [1.54, 1.807) is 0 Å². The molecule has 2 heterocycles. The van der Waals surface area contributed by atoms with Gasteiger partial charge >= 0.3 is 0 Å². The van der Waals surface area contributed by atoms with Gasteiger partial charge in [0.25, 0.3) is 0 Å². The summed E-state index contributed by atoms with van der Waals surface area (Å²) < 4.78 is 32.2. The zero-order valence-corrected chi connectivity index (χ0v) is 30.0. The molecule has 0 amide bonds. The first kappa shape index (κ1) is 35.1. The van der Waals surface area contributed by atoms with Crippen molar-refractivity contribution in [1.29, 1.82) is 0 Å². The van der Waals surface area contributed by atoms with Crippen molar-refractivity contribution in [3.63, 3.8) is 0 Å². The van der Waals surface area contributed by atoms with E-state index in [4.69, 9.17) is 4.74 Å². The van der Waals surface area contributed by atoms with Crippen molar-refractivity contribution in [1.82, 2.24) is 10.6 Å². The Labute approximate surface area is 309 Å². The van der Waals surface area contributed by atoms with Crippen molar-refractivity contribution < 1.29 is 13.5 Å². The molecule has 2 atom stereocenters. The number of fused-ring (bicyclic) bond motifs is 4. The molecule has 6 aromatic carbocycles. The molecule has 0 saturated carbocycles. The molecule has 6 aromatic rings. The number of nitrogens with one attached hydrogen (secondary N) is 2. The van der Waals surface area contributed by atoms with Crippen LogP contribution in [0.5, 0.6) is 11.5 Å². The Morgan fingerprint density at radius 2 is 0.865 bits per heavy atom. The van der Waals surface area contributed by atoms with Crippen molar-refractivity contribution in [3.05, 3.63) is 203 Å². The number of halogens is 2. The Bertz CT molecular complexity index is 1960. The number of ether oxygens (including phenoxy) is 1. The van der Waals surface area contributed by atoms with Gasteiger partial charge < -0.3 is 15.4 Å². The topological polar surface area (TPSA) is 33.3 Å². The number of rotatable bonds is 8. The number of para-hydroxylation sites is 2. The molecule has 0 radical (unpaired) electrons.